The van der Waals surface area contributed by atoms with Gasteiger partial charge in [-0.15, -0.1) is 0 Å². The molecule has 0 unspecified atom stereocenters. The number of thioether (sulfide) groups is 1. The van der Waals surface area contributed by atoms with E-state index in [9.17, 15) is 0 Å². The fourth-order valence-corrected chi connectivity index (χ4v) is 3.54. The van der Waals surface area contributed by atoms with Gasteiger partial charge in [0.25, 0.3) is 0 Å². The predicted octanol–water partition coefficient (Wildman–Crippen LogP) is 3.26. The summed E-state index contributed by atoms with van der Waals surface area (Å²) >= 11 is 7.20. The van der Waals surface area contributed by atoms with E-state index in [-0.39, 0.29) is 0 Å². The minimum Gasteiger partial charge on any atom is -0.358 e. The van der Waals surface area contributed by atoms with Gasteiger partial charge in [-0.2, -0.15) is 0 Å². The lowest BCUT2D eigenvalue weighted by atomic mass is 10.3. The van der Waals surface area contributed by atoms with Gasteiger partial charge in [0.05, 0.1) is 5.69 Å². The second-order valence-corrected chi connectivity index (χ2v) is 6.51. The van der Waals surface area contributed by atoms with Crippen molar-refractivity contribution < 1.29 is 0 Å². The molecule has 3 heterocycles. The Morgan fingerprint density at radius 2 is 2.21 bits per heavy atom. The van der Waals surface area contributed by atoms with Crippen molar-refractivity contribution in [1.82, 2.24) is 14.3 Å². The topological polar surface area (TPSA) is 20.5 Å². The highest BCUT2D eigenvalue weighted by atomic mass is 32.2. The van der Waals surface area contributed by atoms with Crippen molar-refractivity contribution in [3.8, 4) is 0 Å². The summed E-state index contributed by atoms with van der Waals surface area (Å²) in [5.41, 5.74) is 3.35. The number of thiocarbonyl (C=S) groups is 1. The fraction of sp³-hybridized carbons (Fsp3) is 0.429. The molecule has 0 saturated carbocycles. The van der Waals surface area contributed by atoms with E-state index in [0.29, 0.717) is 0 Å². The van der Waals surface area contributed by atoms with E-state index in [1.165, 1.54) is 18.4 Å². The summed E-state index contributed by atoms with van der Waals surface area (Å²) in [7, 11) is 0. The monoisotopic (exact) mass is 291 g/mol. The molecule has 0 aliphatic carbocycles. The first-order valence-corrected chi connectivity index (χ1v) is 7.98. The highest BCUT2D eigenvalue weighted by Crippen LogP contribution is 2.20. The highest BCUT2D eigenvalue weighted by molar-refractivity contribution is 8.22. The summed E-state index contributed by atoms with van der Waals surface area (Å²) in [4.78, 5) is 6.98. The van der Waals surface area contributed by atoms with Crippen LogP contribution in [-0.4, -0.2) is 31.7 Å². The van der Waals surface area contributed by atoms with Gasteiger partial charge in [0.2, 0.25) is 0 Å². The Balaban J connectivity index is 1.68. The Morgan fingerprint density at radius 1 is 1.42 bits per heavy atom. The van der Waals surface area contributed by atoms with Gasteiger partial charge in [-0.05, 0) is 31.4 Å². The van der Waals surface area contributed by atoms with Crippen LogP contribution in [0.4, 0.5) is 0 Å². The maximum atomic E-state index is 5.47. The van der Waals surface area contributed by atoms with Gasteiger partial charge < -0.3 is 9.30 Å². The van der Waals surface area contributed by atoms with Crippen LogP contribution in [0.1, 0.15) is 24.1 Å². The summed E-state index contributed by atoms with van der Waals surface area (Å²) in [5.74, 6) is 0.858. The molecule has 100 valence electrons. The van der Waals surface area contributed by atoms with Crippen molar-refractivity contribution in [1.29, 1.82) is 0 Å². The third-order valence-corrected chi connectivity index (χ3v) is 4.99. The zero-order chi connectivity index (χ0) is 13.2. The van der Waals surface area contributed by atoms with Gasteiger partial charge in [0.15, 0.2) is 0 Å². The van der Waals surface area contributed by atoms with Crippen LogP contribution < -0.4 is 0 Å². The molecule has 0 bridgehead atoms. The highest BCUT2D eigenvalue weighted by Gasteiger charge is 2.15. The van der Waals surface area contributed by atoms with Crippen LogP contribution >= 0.6 is 24.0 Å². The van der Waals surface area contributed by atoms with E-state index in [4.69, 9.17) is 12.2 Å². The second-order valence-electron chi connectivity index (χ2n) is 4.90. The molecule has 1 aliphatic rings. The van der Waals surface area contributed by atoms with Crippen LogP contribution in [0, 0.1) is 6.92 Å². The van der Waals surface area contributed by atoms with Crippen molar-refractivity contribution in [3.05, 3.63) is 35.8 Å². The molecule has 0 radical (unpaired) electrons. The van der Waals surface area contributed by atoms with Gasteiger partial charge in [0.1, 0.15) is 9.97 Å². The largest absolute Gasteiger partial charge is 0.358 e. The molecular formula is C14H17N3S2. The number of aryl methyl sites for hydroxylation is 1. The third kappa shape index (κ3) is 2.77. The van der Waals surface area contributed by atoms with Crippen LogP contribution in [0.3, 0.4) is 0 Å². The van der Waals surface area contributed by atoms with Crippen molar-refractivity contribution in [2.24, 2.45) is 0 Å². The minimum atomic E-state index is 0.858. The fourth-order valence-electron chi connectivity index (χ4n) is 2.40. The number of nitrogens with zero attached hydrogens (tertiary/aromatic N) is 3. The van der Waals surface area contributed by atoms with Gasteiger partial charge in [-0.3, -0.25) is 0 Å². The number of imidazole rings is 1. The molecule has 1 fully saturated rings. The number of likely N-dealkylation sites (tertiary alicyclic amines) is 1. The Kier molecular flexibility index (Phi) is 3.75. The summed E-state index contributed by atoms with van der Waals surface area (Å²) in [6.45, 7) is 4.33. The molecule has 1 aliphatic heterocycles. The van der Waals surface area contributed by atoms with Gasteiger partial charge >= 0.3 is 0 Å². The molecule has 0 aromatic carbocycles. The molecule has 3 rings (SSSR count). The first kappa shape index (κ1) is 12.9. The Morgan fingerprint density at radius 3 is 2.95 bits per heavy atom. The lowest BCUT2D eigenvalue weighted by Crippen LogP contribution is -2.23. The molecule has 5 heteroatoms. The van der Waals surface area contributed by atoms with Crippen molar-refractivity contribution in [3.63, 3.8) is 0 Å². The molecule has 1 saturated heterocycles. The van der Waals surface area contributed by atoms with E-state index < -0.39 is 0 Å². The average molecular weight is 291 g/mol. The molecule has 3 nitrogen and oxygen atoms in total. The molecule has 0 amide bonds. The lowest BCUT2D eigenvalue weighted by Gasteiger charge is -2.16. The third-order valence-electron chi connectivity index (χ3n) is 3.44. The first-order chi connectivity index (χ1) is 9.24. The maximum absolute atomic E-state index is 5.47. The number of pyridine rings is 1. The molecule has 2 aromatic heterocycles. The van der Waals surface area contributed by atoms with Crippen molar-refractivity contribution in [2.45, 2.75) is 25.5 Å². The zero-order valence-electron chi connectivity index (χ0n) is 11.0. The number of hydrogen-bond acceptors (Lipinski definition) is 3. The molecule has 0 N–H and O–H groups in total. The molecule has 19 heavy (non-hydrogen) atoms. The van der Waals surface area contributed by atoms with Gasteiger partial charge in [-0.1, -0.05) is 30.0 Å². The van der Waals surface area contributed by atoms with Crippen LogP contribution in [0.2, 0.25) is 0 Å². The molecular weight excluding hydrogens is 274 g/mol. The zero-order valence-corrected chi connectivity index (χ0v) is 12.6. The summed E-state index contributed by atoms with van der Waals surface area (Å²) < 4.78 is 3.11. The van der Waals surface area contributed by atoms with E-state index >= 15 is 0 Å². The summed E-state index contributed by atoms with van der Waals surface area (Å²) in [6, 6.07) is 4.14. The van der Waals surface area contributed by atoms with Crippen molar-refractivity contribution in [2.75, 3.05) is 13.1 Å². The molecule has 0 spiro atoms. The van der Waals surface area contributed by atoms with Crippen LogP contribution in [-0.2, 0) is 5.75 Å². The van der Waals surface area contributed by atoms with Crippen molar-refractivity contribution >= 4 is 33.9 Å². The lowest BCUT2D eigenvalue weighted by molar-refractivity contribution is 0.539. The Bertz CT molecular complexity index is 600. The van der Waals surface area contributed by atoms with E-state index in [1.54, 1.807) is 11.8 Å². The second kappa shape index (κ2) is 5.51. The van der Waals surface area contributed by atoms with Crippen LogP contribution in [0.5, 0.6) is 0 Å². The summed E-state index contributed by atoms with van der Waals surface area (Å²) in [6.07, 6.45) is 6.69. The quantitative estimate of drug-likeness (QED) is 0.791. The standard InChI is InChI=1S/C14H17N3S2/c1-11-5-4-8-17-9-12(15-13(11)17)10-19-14(18)16-6-2-3-7-16/h4-5,8-9H,2-3,6-7,10H2,1H3. The van der Waals surface area contributed by atoms with E-state index in [2.05, 4.69) is 39.5 Å². The normalized spacial score (nSPS) is 15.3. The number of aromatic nitrogens is 2. The average Bonchev–Trinajstić information content (AvgIpc) is 3.05. The number of fused-ring (bicyclic) bond motifs is 1. The number of hydrogen-bond donors (Lipinski definition) is 0. The minimum absolute atomic E-state index is 0.858. The van der Waals surface area contributed by atoms with Crippen LogP contribution in [0.15, 0.2) is 24.5 Å². The van der Waals surface area contributed by atoms with E-state index in [1.807, 2.05) is 6.20 Å². The maximum Gasteiger partial charge on any atom is 0.139 e. The van der Waals surface area contributed by atoms with Gasteiger partial charge in [-0.25, -0.2) is 4.98 Å². The molecule has 2 aromatic rings. The predicted molar refractivity (Wildman–Crippen MR) is 84.6 cm³/mol. The molecule has 0 atom stereocenters. The Hall–Kier alpha value is -1.07. The first-order valence-electron chi connectivity index (χ1n) is 6.59. The van der Waals surface area contributed by atoms with Gasteiger partial charge in [0, 0.05) is 31.2 Å². The number of rotatable bonds is 2. The summed E-state index contributed by atoms with van der Waals surface area (Å²) in [5, 5.41) is 0. The Labute approximate surface area is 123 Å². The smallest absolute Gasteiger partial charge is 0.139 e. The van der Waals surface area contributed by atoms with Crippen LogP contribution in [0.25, 0.3) is 5.65 Å². The SMILES string of the molecule is Cc1cccn2cc(CSC(=S)N3CCCC3)nc12. The van der Waals surface area contributed by atoms with E-state index in [0.717, 1.165) is 34.5 Å².